The normalized spacial score (nSPS) is 12.9. The molecule has 0 bridgehead atoms. The first-order chi connectivity index (χ1) is 15.3. The number of pyridine rings is 1. The van der Waals surface area contributed by atoms with Gasteiger partial charge in [-0.3, -0.25) is 14.2 Å². The Labute approximate surface area is 187 Å². The second-order valence-corrected chi connectivity index (χ2v) is 9.49. The Balaban J connectivity index is 1.91. The summed E-state index contributed by atoms with van der Waals surface area (Å²) >= 11 is 0. The van der Waals surface area contributed by atoms with Gasteiger partial charge in [0.2, 0.25) is 0 Å². The van der Waals surface area contributed by atoms with E-state index in [1.165, 1.54) is 49.5 Å². The van der Waals surface area contributed by atoms with Crippen molar-refractivity contribution in [3.63, 3.8) is 0 Å². The van der Waals surface area contributed by atoms with Crippen molar-refractivity contribution in [2.24, 2.45) is 0 Å². The second-order valence-electron chi connectivity index (χ2n) is 7.48. The number of amides is 1. The average molecular weight is 479 g/mol. The van der Waals surface area contributed by atoms with Crippen molar-refractivity contribution in [2.75, 3.05) is 12.0 Å². The highest BCUT2D eigenvalue weighted by Crippen LogP contribution is 2.32. The lowest BCUT2D eigenvalue weighted by atomic mass is 10.0. The first kappa shape index (κ1) is 24.1. The van der Waals surface area contributed by atoms with Crippen molar-refractivity contribution < 1.29 is 26.4 Å². The van der Waals surface area contributed by atoms with Crippen LogP contribution in [0.3, 0.4) is 0 Å². The van der Waals surface area contributed by atoms with Crippen LogP contribution in [0.5, 0.6) is 0 Å². The summed E-state index contributed by atoms with van der Waals surface area (Å²) in [6.07, 6.45) is -2.34. The topological polar surface area (TPSA) is 111 Å². The molecule has 1 atom stereocenters. The zero-order chi connectivity index (χ0) is 24.6. The third kappa shape index (κ3) is 5.61. The molecule has 0 aliphatic heterocycles. The Morgan fingerprint density at radius 2 is 1.79 bits per heavy atom. The molecule has 174 valence electrons. The Bertz CT molecular complexity index is 1380. The summed E-state index contributed by atoms with van der Waals surface area (Å²) in [6.45, 7) is 1.50. The molecule has 0 spiro atoms. The fourth-order valence-corrected chi connectivity index (χ4v) is 3.80. The van der Waals surface area contributed by atoms with Crippen molar-refractivity contribution in [3.05, 3.63) is 87.8 Å². The van der Waals surface area contributed by atoms with Crippen LogP contribution < -0.4 is 16.6 Å². The van der Waals surface area contributed by atoms with E-state index in [1.807, 2.05) is 0 Å². The third-order valence-corrected chi connectivity index (χ3v) is 5.96. The summed E-state index contributed by atoms with van der Waals surface area (Å²) in [5.41, 5.74) is 4.49. The van der Waals surface area contributed by atoms with Gasteiger partial charge in [-0.2, -0.15) is 13.2 Å². The number of nitrogens with one attached hydrogen (secondary N) is 1. The predicted molar refractivity (Wildman–Crippen MR) is 117 cm³/mol. The van der Waals surface area contributed by atoms with Crippen LogP contribution in [0.4, 0.5) is 18.9 Å². The molecule has 3 aromatic rings. The van der Waals surface area contributed by atoms with Crippen molar-refractivity contribution in [1.29, 1.82) is 0 Å². The van der Waals surface area contributed by atoms with E-state index in [0.717, 1.165) is 29.0 Å². The van der Waals surface area contributed by atoms with Crippen LogP contribution in [0.15, 0.2) is 70.5 Å². The molecule has 1 heterocycles. The SMILES string of the molecule is C[C@@H](NC(=O)c1ccc(=O)n(-c2cccc(S(C)(=O)=O)c2)c1)c1cc(N)cc(C(F)(F)F)c1. The van der Waals surface area contributed by atoms with Gasteiger partial charge in [-0.15, -0.1) is 0 Å². The van der Waals surface area contributed by atoms with Crippen LogP contribution in [-0.4, -0.2) is 25.1 Å². The maximum atomic E-state index is 13.1. The second kappa shape index (κ2) is 8.74. The number of sulfone groups is 1. The van der Waals surface area contributed by atoms with E-state index in [9.17, 15) is 31.2 Å². The van der Waals surface area contributed by atoms with Gasteiger partial charge in [-0.1, -0.05) is 6.07 Å². The molecule has 2 aromatic carbocycles. The van der Waals surface area contributed by atoms with Crippen LogP contribution >= 0.6 is 0 Å². The van der Waals surface area contributed by atoms with E-state index in [4.69, 9.17) is 5.73 Å². The molecule has 7 nitrogen and oxygen atoms in total. The number of nitrogens with two attached hydrogens (primary N) is 1. The minimum atomic E-state index is -4.59. The summed E-state index contributed by atoms with van der Waals surface area (Å²) in [7, 11) is -3.52. The van der Waals surface area contributed by atoms with Crippen LogP contribution in [-0.2, 0) is 16.0 Å². The molecule has 0 fully saturated rings. The first-order valence-electron chi connectivity index (χ1n) is 9.57. The van der Waals surface area contributed by atoms with Crippen molar-refractivity contribution in [3.8, 4) is 5.69 Å². The number of carbonyl (C=O) groups excluding carboxylic acids is 1. The number of hydrogen-bond acceptors (Lipinski definition) is 5. The molecule has 0 aliphatic rings. The largest absolute Gasteiger partial charge is 0.416 e. The van der Waals surface area contributed by atoms with Crippen molar-refractivity contribution >= 4 is 21.4 Å². The van der Waals surface area contributed by atoms with Crippen LogP contribution in [0.25, 0.3) is 5.69 Å². The predicted octanol–water partition coefficient (Wildman–Crippen LogP) is 3.33. The number of nitrogen functional groups attached to an aromatic ring is 1. The monoisotopic (exact) mass is 479 g/mol. The summed E-state index contributed by atoms with van der Waals surface area (Å²) in [5, 5.41) is 2.58. The number of hydrogen-bond donors (Lipinski definition) is 2. The van der Waals surface area contributed by atoms with Gasteiger partial charge < -0.3 is 11.1 Å². The molecule has 33 heavy (non-hydrogen) atoms. The van der Waals surface area contributed by atoms with Crippen LogP contribution in [0, 0.1) is 0 Å². The van der Waals surface area contributed by atoms with Gasteiger partial charge >= 0.3 is 6.18 Å². The van der Waals surface area contributed by atoms with E-state index in [1.54, 1.807) is 0 Å². The molecule has 1 aromatic heterocycles. The van der Waals surface area contributed by atoms with Gasteiger partial charge in [0.05, 0.1) is 22.1 Å². The molecule has 3 N–H and O–H groups in total. The molecule has 0 saturated carbocycles. The highest BCUT2D eigenvalue weighted by atomic mass is 32.2. The number of aromatic nitrogens is 1. The van der Waals surface area contributed by atoms with E-state index in [0.29, 0.717) is 0 Å². The minimum Gasteiger partial charge on any atom is -0.399 e. The molecule has 0 saturated heterocycles. The first-order valence-corrected chi connectivity index (χ1v) is 11.5. The lowest BCUT2D eigenvalue weighted by molar-refractivity contribution is -0.137. The van der Waals surface area contributed by atoms with Crippen LogP contribution in [0.1, 0.15) is 34.5 Å². The van der Waals surface area contributed by atoms with E-state index in [-0.39, 0.29) is 27.4 Å². The van der Waals surface area contributed by atoms with Crippen molar-refractivity contribution in [1.82, 2.24) is 9.88 Å². The Morgan fingerprint density at radius 1 is 1.09 bits per heavy atom. The minimum absolute atomic E-state index is 0.00230. The van der Waals surface area contributed by atoms with Crippen LogP contribution in [0.2, 0.25) is 0 Å². The maximum Gasteiger partial charge on any atom is 0.416 e. The summed E-state index contributed by atoms with van der Waals surface area (Å²) in [6, 6.07) is 10.3. The fraction of sp³-hybridized carbons (Fsp3) is 0.182. The number of alkyl halides is 3. The summed E-state index contributed by atoms with van der Waals surface area (Å²) < 4.78 is 63.9. The van der Waals surface area contributed by atoms with Gasteiger partial charge in [0.1, 0.15) is 0 Å². The van der Waals surface area contributed by atoms with Gasteiger partial charge in [0.15, 0.2) is 9.84 Å². The van der Waals surface area contributed by atoms with E-state index >= 15 is 0 Å². The average Bonchev–Trinajstić information content (AvgIpc) is 2.72. The van der Waals surface area contributed by atoms with Gasteiger partial charge in [0, 0.05) is 29.9 Å². The zero-order valence-corrected chi connectivity index (χ0v) is 18.4. The number of carbonyl (C=O) groups is 1. The number of benzene rings is 2. The summed E-state index contributed by atoms with van der Waals surface area (Å²) in [4.78, 5) is 25.1. The van der Waals surface area contributed by atoms with Gasteiger partial charge in [0.25, 0.3) is 11.5 Å². The third-order valence-electron chi connectivity index (χ3n) is 4.85. The molecule has 0 radical (unpaired) electrons. The molecule has 11 heteroatoms. The smallest absolute Gasteiger partial charge is 0.399 e. The molecule has 0 aliphatic carbocycles. The number of halogens is 3. The number of rotatable bonds is 5. The standard InChI is InChI=1S/C22H20F3N3O4S/c1-13(15-8-16(22(23,24)25)10-17(26)9-15)27-21(30)14-6-7-20(29)28(12-14)18-4-3-5-19(11-18)33(2,31)32/h3-13H,26H2,1-2H3,(H,27,30)/t13-/m1/s1. The Morgan fingerprint density at radius 3 is 2.42 bits per heavy atom. The number of nitrogens with zero attached hydrogens (tertiary/aromatic N) is 1. The van der Waals surface area contributed by atoms with Gasteiger partial charge in [-0.05, 0) is 55.0 Å². The van der Waals surface area contributed by atoms with E-state index < -0.39 is 39.1 Å². The molecular formula is C22H20F3N3O4S. The number of anilines is 1. The Hall–Kier alpha value is -3.60. The highest BCUT2D eigenvalue weighted by molar-refractivity contribution is 7.90. The van der Waals surface area contributed by atoms with Crippen molar-refractivity contribution in [2.45, 2.75) is 24.0 Å². The Kier molecular flexibility index (Phi) is 6.37. The molecule has 3 rings (SSSR count). The quantitative estimate of drug-likeness (QED) is 0.546. The molecule has 0 unspecified atom stereocenters. The molecular weight excluding hydrogens is 459 g/mol. The fourth-order valence-electron chi connectivity index (χ4n) is 3.14. The zero-order valence-electron chi connectivity index (χ0n) is 17.6. The molecule has 1 amide bonds. The maximum absolute atomic E-state index is 13.1. The lowest BCUT2D eigenvalue weighted by Gasteiger charge is -2.18. The van der Waals surface area contributed by atoms with E-state index in [2.05, 4.69) is 5.32 Å². The summed E-state index contributed by atoms with van der Waals surface area (Å²) in [5.74, 6) is -0.647. The lowest BCUT2D eigenvalue weighted by Crippen LogP contribution is -2.28. The van der Waals surface area contributed by atoms with Gasteiger partial charge in [-0.25, -0.2) is 8.42 Å². The highest BCUT2D eigenvalue weighted by Gasteiger charge is 2.31.